The number of rotatable bonds is 7. The number of hydrogen-bond acceptors (Lipinski definition) is 4. The van der Waals surface area contributed by atoms with Gasteiger partial charge >= 0.3 is 5.97 Å². The van der Waals surface area contributed by atoms with Crippen LogP contribution in [0.3, 0.4) is 0 Å². The Bertz CT molecular complexity index is 608. The van der Waals surface area contributed by atoms with Crippen LogP contribution < -0.4 is 0 Å². The molecule has 0 saturated heterocycles. The van der Waals surface area contributed by atoms with Crippen LogP contribution in [0.2, 0.25) is 0 Å². The number of benzene rings is 1. The molecule has 0 aliphatic rings. The zero-order chi connectivity index (χ0) is 15.2. The fourth-order valence-corrected chi connectivity index (χ4v) is 2.74. The van der Waals surface area contributed by atoms with E-state index in [4.69, 9.17) is 5.11 Å². The van der Waals surface area contributed by atoms with Crippen molar-refractivity contribution in [3.05, 3.63) is 35.7 Å². The Labute approximate surface area is 128 Å². The van der Waals surface area contributed by atoms with Crippen LogP contribution in [0.15, 0.2) is 29.4 Å². The van der Waals surface area contributed by atoms with E-state index in [1.807, 2.05) is 16.7 Å². The number of carbonyl (C=O) groups is 1. The highest BCUT2D eigenvalue weighted by atomic mass is 32.2. The van der Waals surface area contributed by atoms with Gasteiger partial charge in [-0.3, -0.25) is 9.36 Å². The average Bonchev–Trinajstić information content (AvgIpc) is 2.88. The molecule has 0 saturated carbocycles. The van der Waals surface area contributed by atoms with Crippen LogP contribution in [0.4, 0.5) is 0 Å². The normalized spacial score (nSPS) is 10.8. The van der Waals surface area contributed by atoms with Gasteiger partial charge in [-0.05, 0) is 30.5 Å². The molecule has 5 nitrogen and oxygen atoms in total. The lowest BCUT2D eigenvalue weighted by Gasteiger charge is -2.10. The van der Waals surface area contributed by atoms with Gasteiger partial charge in [0.25, 0.3) is 0 Å². The molecule has 1 aromatic carbocycles. The van der Waals surface area contributed by atoms with E-state index in [1.165, 1.54) is 17.3 Å². The van der Waals surface area contributed by atoms with Crippen molar-refractivity contribution in [2.24, 2.45) is 0 Å². The SMILES string of the molecule is CCCc1nnc(SCC(=O)O)n1-c1ccc(CC)cc1. The Morgan fingerprint density at radius 2 is 1.95 bits per heavy atom. The highest BCUT2D eigenvalue weighted by molar-refractivity contribution is 7.99. The van der Waals surface area contributed by atoms with Crippen molar-refractivity contribution in [2.75, 3.05) is 5.75 Å². The molecule has 1 N–H and O–H groups in total. The van der Waals surface area contributed by atoms with Crippen molar-refractivity contribution in [1.29, 1.82) is 0 Å². The lowest BCUT2D eigenvalue weighted by molar-refractivity contribution is -0.133. The summed E-state index contributed by atoms with van der Waals surface area (Å²) in [6.07, 6.45) is 2.77. The maximum absolute atomic E-state index is 10.8. The van der Waals surface area contributed by atoms with Gasteiger partial charge in [0.05, 0.1) is 5.75 Å². The molecule has 0 unspecified atom stereocenters. The number of thioether (sulfide) groups is 1. The zero-order valence-electron chi connectivity index (χ0n) is 12.2. The average molecular weight is 305 g/mol. The molecular formula is C15H19N3O2S. The van der Waals surface area contributed by atoms with Gasteiger partial charge in [0.1, 0.15) is 5.82 Å². The minimum absolute atomic E-state index is 0.0166. The molecule has 21 heavy (non-hydrogen) atoms. The quantitative estimate of drug-likeness (QED) is 0.797. The van der Waals surface area contributed by atoms with Crippen molar-refractivity contribution >= 4 is 17.7 Å². The van der Waals surface area contributed by atoms with Gasteiger partial charge < -0.3 is 5.11 Å². The third-order valence-corrected chi connectivity index (χ3v) is 4.02. The van der Waals surface area contributed by atoms with Gasteiger partial charge in [0, 0.05) is 12.1 Å². The maximum Gasteiger partial charge on any atom is 0.313 e. The lowest BCUT2D eigenvalue weighted by Crippen LogP contribution is -2.05. The van der Waals surface area contributed by atoms with Gasteiger partial charge in [0.15, 0.2) is 5.16 Å². The van der Waals surface area contributed by atoms with Crippen LogP contribution >= 0.6 is 11.8 Å². The number of hydrogen-bond donors (Lipinski definition) is 1. The first-order valence-electron chi connectivity index (χ1n) is 7.03. The molecular weight excluding hydrogens is 286 g/mol. The van der Waals surface area contributed by atoms with E-state index in [2.05, 4.69) is 36.2 Å². The third-order valence-electron chi connectivity index (χ3n) is 3.10. The standard InChI is InChI=1S/C15H19N3O2S/c1-3-5-13-16-17-15(21-10-14(19)20)18(13)12-8-6-11(4-2)7-9-12/h6-9H,3-5,10H2,1-2H3,(H,19,20). The van der Waals surface area contributed by atoms with E-state index in [9.17, 15) is 4.79 Å². The zero-order valence-corrected chi connectivity index (χ0v) is 13.1. The summed E-state index contributed by atoms with van der Waals surface area (Å²) in [6.45, 7) is 4.20. The highest BCUT2D eigenvalue weighted by Gasteiger charge is 2.15. The fraction of sp³-hybridized carbons (Fsp3) is 0.400. The summed E-state index contributed by atoms with van der Waals surface area (Å²) in [4.78, 5) is 10.8. The van der Waals surface area contributed by atoms with Crippen LogP contribution in [-0.2, 0) is 17.6 Å². The van der Waals surface area contributed by atoms with Crippen molar-refractivity contribution in [3.63, 3.8) is 0 Å². The Morgan fingerprint density at radius 3 is 2.52 bits per heavy atom. The van der Waals surface area contributed by atoms with Crippen molar-refractivity contribution in [1.82, 2.24) is 14.8 Å². The number of aliphatic carboxylic acids is 1. The van der Waals surface area contributed by atoms with Crippen LogP contribution in [0.5, 0.6) is 0 Å². The first-order valence-corrected chi connectivity index (χ1v) is 8.02. The van der Waals surface area contributed by atoms with Crippen LogP contribution in [0.1, 0.15) is 31.7 Å². The van der Waals surface area contributed by atoms with Crippen molar-refractivity contribution in [2.45, 2.75) is 38.3 Å². The molecule has 6 heteroatoms. The van der Waals surface area contributed by atoms with E-state index < -0.39 is 5.97 Å². The summed E-state index contributed by atoms with van der Waals surface area (Å²) >= 11 is 1.20. The molecule has 2 aromatic rings. The Hall–Kier alpha value is -1.82. The molecule has 0 fully saturated rings. The van der Waals surface area contributed by atoms with Crippen molar-refractivity contribution < 1.29 is 9.90 Å². The lowest BCUT2D eigenvalue weighted by atomic mass is 10.1. The maximum atomic E-state index is 10.8. The smallest absolute Gasteiger partial charge is 0.313 e. The van der Waals surface area contributed by atoms with Crippen LogP contribution in [-0.4, -0.2) is 31.6 Å². The minimum Gasteiger partial charge on any atom is -0.481 e. The first-order chi connectivity index (χ1) is 10.2. The second-order valence-corrected chi connectivity index (χ2v) is 5.63. The predicted molar refractivity (Wildman–Crippen MR) is 83.1 cm³/mol. The molecule has 0 aliphatic heterocycles. The molecule has 0 spiro atoms. The predicted octanol–water partition coefficient (Wildman–Crippen LogP) is 2.96. The van der Waals surface area contributed by atoms with Crippen LogP contribution in [0.25, 0.3) is 5.69 Å². The number of aryl methyl sites for hydroxylation is 2. The molecule has 0 amide bonds. The van der Waals surface area contributed by atoms with Gasteiger partial charge in [-0.25, -0.2) is 0 Å². The van der Waals surface area contributed by atoms with E-state index in [1.54, 1.807) is 0 Å². The number of carboxylic acids is 1. The van der Waals surface area contributed by atoms with Gasteiger partial charge in [0.2, 0.25) is 0 Å². The number of aromatic nitrogens is 3. The summed E-state index contributed by atoms with van der Waals surface area (Å²) < 4.78 is 1.95. The minimum atomic E-state index is -0.854. The van der Waals surface area contributed by atoms with E-state index in [-0.39, 0.29) is 5.75 Å². The van der Waals surface area contributed by atoms with E-state index >= 15 is 0 Å². The van der Waals surface area contributed by atoms with Crippen LogP contribution in [0, 0.1) is 0 Å². The molecule has 1 aromatic heterocycles. The first kappa shape index (κ1) is 15.6. The molecule has 0 bridgehead atoms. The van der Waals surface area contributed by atoms with Gasteiger partial charge in [-0.1, -0.05) is 37.7 Å². The Balaban J connectivity index is 2.36. The summed E-state index contributed by atoms with van der Waals surface area (Å²) in [7, 11) is 0. The number of nitrogens with zero attached hydrogens (tertiary/aromatic N) is 3. The molecule has 1 heterocycles. The Kier molecular flexibility index (Phi) is 5.38. The fourth-order valence-electron chi connectivity index (χ4n) is 2.05. The molecule has 2 rings (SSSR count). The number of carboxylic acid groups (broad SMARTS) is 1. The summed E-state index contributed by atoms with van der Waals surface area (Å²) in [5, 5.41) is 17.8. The van der Waals surface area contributed by atoms with Gasteiger partial charge in [-0.2, -0.15) is 0 Å². The summed E-state index contributed by atoms with van der Waals surface area (Å²) in [5.41, 5.74) is 2.25. The largest absolute Gasteiger partial charge is 0.481 e. The second kappa shape index (κ2) is 7.26. The van der Waals surface area contributed by atoms with Gasteiger partial charge in [-0.15, -0.1) is 10.2 Å². The monoisotopic (exact) mass is 305 g/mol. The topological polar surface area (TPSA) is 68.0 Å². The van der Waals surface area contributed by atoms with Crippen molar-refractivity contribution in [3.8, 4) is 5.69 Å². The van der Waals surface area contributed by atoms with E-state index in [0.717, 1.165) is 30.8 Å². The second-order valence-electron chi connectivity index (χ2n) is 4.69. The molecule has 0 radical (unpaired) electrons. The molecule has 0 aliphatic carbocycles. The summed E-state index contributed by atoms with van der Waals surface area (Å²) in [5.74, 6) is -0.000307. The van der Waals surface area contributed by atoms with E-state index in [0.29, 0.717) is 5.16 Å². The molecule has 0 atom stereocenters. The molecule has 112 valence electrons. The highest BCUT2D eigenvalue weighted by Crippen LogP contribution is 2.23. The summed E-state index contributed by atoms with van der Waals surface area (Å²) in [6, 6.07) is 8.23. The third kappa shape index (κ3) is 3.85. The Morgan fingerprint density at radius 1 is 1.24 bits per heavy atom.